The van der Waals surface area contributed by atoms with Crippen molar-refractivity contribution in [3.8, 4) is 34.4 Å². The van der Waals surface area contributed by atoms with Gasteiger partial charge in [-0.1, -0.05) is 96.6 Å². The Morgan fingerprint density at radius 2 is 0.957 bits per heavy atom. The van der Waals surface area contributed by atoms with E-state index in [-0.39, 0.29) is 0 Å². The molecule has 0 saturated carbocycles. The zero-order chi connectivity index (χ0) is 31.6. The maximum atomic E-state index is 5.31. The van der Waals surface area contributed by atoms with E-state index in [1.807, 2.05) is 18.2 Å². The van der Waals surface area contributed by atoms with Crippen LogP contribution in [0.5, 0.6) is 0 Å². The Balaban J connectivity index is 1.39. The van der Waals surface area contributed by atoms with Gasteiger partial charge < -0.3 is 4.57 Å². The highest BCUT2D eigenvalue weighted by Gasteiger charge is 2.22. The molecular weight excluding hydrogens is 574 g/mol. The molecule has 9 aromatic rings. The molecule has 224 valence electrons. The van der Waals surface area contributed by atoms with E-state index in [4.69, 9.17) is 15.0 Å². The second kappa shape index (κ2) is 10.5. The molecule has 0 N–H and O–H groups in total. The Morgan fingerprint density at radius 3 is 1.64 bits per heavy atom. The van der Waals surface area contributed by atoms with Gasteiger partial charge in [0.1, 0.15) is 0 Å². The fourth-order valence-corrected chi connectivity index (χ4v) is 6.95. The largest absolute Gasteiger partial charge is 0.308 e. The highest BCUT2D eigenvalue weighted by Crippen LogP contribution is 2.38. The molecule has 5 heteroatoms. The van der Waals surface area contributed by atoms with E-state index in [1.165, 1.54) is 38.2 Å². The zero-order valence-electron chi connectivity index (χ0n) is 26.4. The number of aryl methyl sites for hydroxylation is 3. The number of fused-ring (bicyclic) bond motifs is 6. The number of para-hydroxylation sites is 3. The van der Waals surface area contributed by atoms with E-state index in [0.29, 0.717) is 17.6 Å². The molecule has 0 spiro atoms. The smallest absolute Gasteiger partial charge is 0.238 e. The summed E-state index contributed by atoms with van der Waals surface area (Å²) in [7, 11) is 0. The molecule has 3 heterocycles. The Bertz CT molecular complexity index is 2610. The molecule has 47 heavy (non-hydrogen) atoms. The lowest BCUT2D eigenvalue weighted by molar-refractivity contribution is 0.951. The number of benzene rings is 6. The Morgan fingerprint density at radius 1 is 0.426 bits per heavy atom. The second-order valence-corrected chi connectivity index (χ2v) is 12.3. The van der Waals surface area contributed by atoms with Gasteiger partial charge >= 0.3 is 0 Å². The summed E-state index contributed by atoms with van der Waals surface area (Å²) >= 11 is 0. The van der Waals surface area contributed by atoms with Crippen molar-refractivity contribution in [2.75, 3.05) is 0 Å². The summed E-state index contributed by atoms with van der Waals surface area (Å²) in [5.41, 5.74) is 11.0. The molecule has 6 aromatic carbocycles. The summed E-state index contributed by atoms with van der Waals surface area (Å²) in [6.07, 6.45) is 0. The maximum Gasteiger partial charge on any atom is 0.238 e. The molecule has 9 rings (SSSR count). The van der Waals surface area contributed by atoms with Gasteiger partial charge in [0.05, 0.1) is 27.8 Å². The first-order valence-corrected chi connectivity index (χ1v) is 16.0. The van der Waals surface area contributed by atoms with Crippen LogP contribution in [0.15, 0.2) is 133 Å². The van der Waals surface area contributed by atoms with E-state index < -0.39 is 0 Å². The fourth-order valence-electron chi connectivity index (χ4n) is 6.95. The van der Waals surface area contributed by atoms with E-state index in [2.05, 4.69) is 145 Å². The summed E-state index contributed by atoms with van der Waals surface area (Å²) in [6.45, 7) is 6.48. The molecule has 0 aliphatic carbocycles. The van der Waals surface area contributed by atoms with E-state index in [9.17, 15) is 0 Å². The molecule has 0 atom stereocenters. The molecule has 0 aliphatic heterocycles. The first kappa shape index (κ1) is 27.3. The highest BCUT2D eigenvalue weighted by atomic mass is 15.2. The van der Waals surface area contributed by atoms with Crippen LogP contribution in [0.3, 0.4) is 0 Å². The van der Waals surface area contributed by atoms with Crippen molar-refractivity contribution in [2.24, 2.45) is 0 Å². The monoisotopic (exact) mass is 605 g/mol. The van der Waals surface area contributed by atoms with Crippen molar-refractivity contribution in [1.29, 1.82) is 0 Å². The van der Waals surface area contributed by atoms with Gasteiger partial charge in [-0.3, -0.25) is 4.57 Å². The highest BCUT2D eigenvalue weighted by molar-refractivity contribution is 6.10. The fraction of sp³-hybridized carbons (Fsp3) is 0.0714. The van der Waals surface area contributed by atoms with Gasteiger partial charge in [0.25, 0.3) is 0 Å². The lowest BCUT2D eigenvalue weighted by atomic mass is 10.0. The van der Waals surface area contributed by atoms with E-state index >= 15 is 0 Å². The van der Waals surface area contributed by atoms with Gasteiger partial charge in [-0.25, -0.2) is 4.98 Å². The van der Waals surface area contributed by atoms with Gasteiger partial charge in [-0.15, -0.1) is 0 Å². The van der Waals surface area contributed by atoms with Crippen LogP contribution in [-0.2, 0) is 0 Å². The minimum atomic E-state index is 0.591. The zero-order valence-corrected chi connectivity index (χ0v) is 26.4. The lowest BCUT2D eigenvalue weighted by Crippen LogP contribution is -2.08. The molecule has 0 fully saturated rings. The molecular formula is C42H31N5. The molecule has 0 unspecified atom stereocenters. The number of aromatic nitrogens is 5. The third kappa shape index (κ3) is 4.27. The van der Waals surface area contributed by atoms with Gasteiger partial charge in [0.15, 0.2) is 11.6 Å². The van der Waals surface area contributed by atoms with Gasteiger partial charge in [-0.2, -0.15) is 9.97 Å². The third-order valence-electron chi connectivity index (χ3n) is 9.36. The minimum absolute atomic E-state index is 0.591. The van der Waals surface area contributed by atoms with Crippen molar-refractivity contribution < 1.29 is 0 Å². The molecule has 0 radical (unpaired) electrons. The maximum absolute atomic E-state index is 5.31. The first-order valence-electron chi connectivity index (χ1n) is 16.0. The Kier molecular flexibility index (Phi) is 6.09. The molecule has 3 aromatic heterocycles. The molecule has 5 nitrogen and oxygen atoms in total. The Hall–Kier alpha value is -6.07. The van der Waals surface area contributed by atoms with Crippen molar-refractivity contribution in [3.63, 3.8) is 0 Å². The van der Waals surface area contributed by atoms with Crippen LogP contribution < -0.4 is 0 Å². The molecule has 0 amide bonds. The van der Waals surface area contributed by atoms with Crippen LogP contribution in [0, 0.1) is 20.8 Å². The normalized spacial score (nSPS) is 11.7. The molecule has 0 bridgehead atoms. The SMILES string of the molecule is Cc1ccc2c(c1)c1ccccc1n2-c1cc(C)c(C)cc1-c1nc(-c2ccccc2)nc(-n2c3ccccc3c3ccccc32)n1. The van der Waals surface area contributed by atoms with Crippen molar-refractivity contribution >= 4 is 43.6 Å². The van der Waals surface area contributed by atoms with Crippen LogP contribution in [0.1, 0.15) is 16.7 Å². The lowest BCUT2D eigenvalue weighted by Gasteiger charge is -2.17. The molecule has 0 saturated heterocycles. The summed E-state index contributed by atoms with van der Waals surface area (Å²) in [5.74, 6) is 1.86. The topological polar surface area (TPSA) is 48.5 Å². The predicted molar refractivity (Wildman–Crippen MR) is 194 cm³/mol. The van der Waals surface area contributed by atoms with E-state index in [0.717, 1.165) is 38.9 Å². The van der Waals surface area contributed by atoms with Crippen LogP contribution in [0.4, 0.5) is 0 Å². The van der Waals surface area contributed by atoms with Gasteiger partial charge in [0.2, 0.25) is 5.95 Å². The summed E-state index contributed by atoms with van der Waals surface area (Å²) in [5, 5.41) is 4.79. The van der Waals surface area contributed by atoms with Crippen LogP contribution >= 0.6 is 0 Å². The quantitative estimate of drug-likeness (QED) is 0.201. The van der Waals surface area contributed by atoms with E-state index in [1.54, 1.807) is 0 Å². The number of hydrogen-bond acceptors (Lipinski definition) is 3. The predicted octanol–water partition coefficient (Wildman–Crippen LogP) is 10.3. The second-order valence-electron chi connectivity index (χ2n) is 12.3. The third-order valence-corrected chi connectivity index (χ3v) is 9.36. The number of nitrogens with zero attached hydrogens (tertiary/aromatic N) is 5. The van der Waals surface area contributed by atoms with Crippen molar-refractivity contribution in [1.82, 2.24) is 24.1 Å². The van der Waals surface area contributed by atoms with Crippen molar-refractivity contribution in [3.05, 3.63) is 150 Å². The van der Waals surface area contributed by atoms with Crippen LogP contribution in [0.25, 0.3) is 78.0 Å². The summed E-state index contributed by atoms with van der Waals surface area (Å²) in [6, 6.07) is 47.0. The Labute approximate surface area is 272 Å². The molecule has 0 aliphatic rings. The average molecular weight is 606 g/mol. The van der Waals surface area contributed by atoms with Gasteiger partial charge in [-0.05, 0) is 74.4 Å². The number of rotatable bonds is 4. The standard InChI is InChI=1S/C42H31N5/c1-26-21-22-38-33(23-26)32-17-9-10-18-35(32)46(38)39-25-28(3)27(2)24-34(39)41-43-40(29-13-5-4-6-14-29)44-42(45-41)47-36-19-11-7-15-30(36)31-16-8-12-20-37(31)47/h4-25H,1-3H3. The van der Waals surface area contributed by atoms with Crippen LogP contribution in [0.2, 0.25) is 0 Å². The van der Waals surface area contributed by atoms with Crippen molar-refractivity contribution in [2.45, 2.75) is 20.8 Å². The average Bonchev–Trinajstić information content (AvgIpc) is 3.62. The minimum Gasteiger partial charge on any atom is -0.308 e. The summed E-state index contributed by atoms with van der Waals surface area (Å²) in [4.78, 5) is 15.7. The first-order chi connectivity index (χ1) is 23.0. The van der Waals surface area contributed by atoms with Crippen LogP contribution in [-0.4, -0.2) is 24.1 Å². The van der Waals surface area contributed by atoms with Gasteiger partial charge in [0, 0.05) is 32.7 Å². The summed E-state index contributed by atoms with van der Waals surface area (Å²) < 4.78 is 4.55. The number of hydrogen-bond donors (Lipinski definition) is 0.